The van der Waals surface area contributed by atoms with Crippen LogP contribution in [0.1, 0.15) is 22.3 Å². The molecule has 0 spiro atoms. The Labute approximate surface area is 202 Å². The Morgan fingerprint density at radius 3 is 1.69 bits per heavy atom. The Kier molecular flexibility index (Phi) is 6.87. The van der Waals surface area contributed by atoms with E-state index < -0.39 is 5.75 Å². The molecule has 0 heterocycles. The van der Waals surface area contributed by atoms with Crippen molar-refractivity contribution in [2.24, 2.45) is 0 Å². The predicted octanol–water partition coefficient (Wildman–Crippen LogP) is 5.28. The lowest BCUT2D eigenvalue weighted by Gasteiger charge is -2.13. The summed E-state index contributed by atoms with van der Waals surface area (Å²) in [7, 11) is 0. The highest BCUT2D eigenvalue weighted by molar-refractivity contribution is 5.54. The lowest BCUT2D eigenvalue weighted by Crippen LogP contribution is -1.95. The summed E-state index contributed by atoms with van der Waals surface area (Å²) in [6.45, 7) is 0. The SMILES string of the molecule is Oc1cccc(CCc2cc(O)cc(Oc3cc(CCc4cc(O)cc(O)c4)cc(O)c3O)c2)c1. The molecule has 4 rings (SSSR count). The molecule has 0 unspecified atom stereocenters. The number of aryl methyl sites for hydroxylation is 4. The first kappa shape index (κ1) is 23.6. The molecule has 0 bridgehead atoms. The van der Waals surface area contributed by atoms with Gasteiger partial charge in [-0.1, -0.05) is 12.1 Å². The Bertz CT molecular complexity index is 1330. The largest absolute Gasteiger partial charge is 0.508 e. The normalized spacial score (nSPS) is 10.9. The molecule has 0 aliphatic rings. The zero-order valence-electron chi connectivity index (χ0n) is 18.8. The van der Waals surface area contributed by atoms with Crippen molar-refractivity contribution in [2.45, 2.75) is 25.7 Å². The van der Waals surface area contributed by atoms with Crippen molar-refractivity contribution in [3.05, 3.63) is 95.1 Å². The zero-order valence-corrected chi connectivity index (χ0v) is 18.8. The number of aromatic hydroxyl groups is 6. The number of hydrogen-bond donors (Lipinski definition) is 6. The third-order valence-corrected chi connectivity index (χ3v) is 5.57. The van der Waals surface area contributed by atoms with Crippen molar-refractivity contribution in [3.8, 4) is 46.0 Å². The van der Waals surface area contributed by atoms with Crippen molar-refractivity contribution >= 4 is 0 Å². The van der Waals surface area contributed by atoms with Crippen LogP contribution in [-0.4, -0.2) is 30.6 Å². The lowest BCUT2D eigenvalue weighted by atomic mass is 10.0. The minimum absolute atomic E-state index is 0.00281. The van der Waals surface area contributed by atoms with Crippen molar-refractivity contribution in [3.63, 3.8) is 0 Å². The smallest absolute Gasteiger partial charge is 0.201 e. The van der Waals surface area contributed by atoms with Crippen LogP contribution in [0, 0.1) is 0 Å². The summed E-state index contributed by atoms with van der Waals surface area (Å²) in [6, 6.07) is 19.1. The van der Waals surface area contributed by atoms with Gasteiger partial charge in [-0.3, -0.25) is 0 Å². The van der Waals surface area contributed by atoms with Gasteiger partial charge >= 0.3 is 0 Å². The number of phenolic OH excluding ortho intramolecular Hbond substituents is 6. The van der Waals surface area contributed by atoms with Crippen LogP contribution in [0.3, 0.4) is 0 Å². The van der Waals surface area contributed by atoms with Crippen LogP contribution in [0.2, 0.25) is 0 Å². The number of ether oxygens (including phenoxy) is 1. The monoisotopic (exact) mass is 474 g/mol. The minimum atomic E-state index is -0.423. The van der Waals surface area contributed by atoms with E-state index in [9.17, 15) is 30.6 Å². The molecule has 0 amide bonds. The van der Waals surface area contributed by atoms with Crippen molar-refractivity contribution in [2.75, 3.05) is 0 Å². The quantitative estimate of drug-likeness (QED) is 0.192. The van der Waals surface area contributed by atoms with E-state index in [2.05, 4.69) is 0 Å². The highest BCUT2D eigenvalue weighted by Gasteiger charge is 2.13. The fraction of sp³-hybridized carbons (Fsp3) is 0.143. The zero-order chi connectivity index (χ0) is 24.9. The van der Waals surface area contributed by atoms with Gasteiger partial charge in [-0.15, -0.1) is 0 Å². The molecule has 7 heteroatoms. The molecule has 180 valence electrons. The van der Waals surface area contributed by atoms with Gasteiger partial charge in [0.15, 0.2) is 11.5 Å². The highest BCUT2D eigenvalue weighted by Crippen LogP contribution is 2.40. The molecule has 7 nitrogen and oxygen atoms in total. The average molecular weight is 475 g/mol. The minimum Gasteiger partial charge on any atom is -0.508 e. The first-order valence-corrected chi connectivity index (χ1v) is 11.1. The van der Waals surface area contributed by atoms with Gasteiger partial charge in [-0.05, 0) is 96.5 Å². The molecule has 4 aromatic rings. The van der Waals surface area contributed by atoms with Gasteiger partial charge in [0.1, 0.15) is 28.7 Å². The third-order valence-electron chi connectivity index (χ3n) is 5.57. The molecule has 0 aromatic heterocycles. The standard InChI is InChI=1S/C28H26O7/c29-21-3-1-2-17(8-21)4-5-19-11-24(32)16-25(12-19)35-27-14-20(13-26(33)28(27)34)7-6-18-9-22(30)15-23(31)10-18/h1-3,8-16,29-34H,4-7H2. The molecule has 0 saturated heterocycles. The summed E-state index contributed by atoms with van der Waals surface area (Å²) < 4.78 is 5.82. The second kappa shape index (κ2) is 10.2. The summed E-state index contributed by atoms with van der Waals surface area (Å²) in [5, 5.41) is 59.7. The molecule has 6 N–H and O–H groups in total. The van der Waals surface area contributed by atoms with Crippen LogP contribution in [0.5, 0.6) is 46.0 Å². The third kappa shape index (κ3) is 6.29. The summed E-state index contributed by atoms with van der Waals surface area (Å²) in [5.74, 6) is -0.337. The molecular weight excluding hydrogens is 448 g/mol. The Morgan fingerprint density at radius 1 is 0.486 bits per heavy atom. The summed E-state index contributed by atoms with van der Waals surface area (Å²) in [6.07, 6.45) is 2.14. The average Bonchev–Trinajstić information content (AvgIpc) is 2.78. The first-order chi connectivity index (χ1) is 16.7. The van der Waals surface area contributed by atoms with Crippen LogP contribution in [-0.2, 0) is 25.7 Å². The van der Waals surface area contributed by atoms with Gasteiger partial charge in [0.05, 0.1) is 0 Å². The lowest BCUT2D eigenvalue weighted by molar-refractivity contribution is 0.371. The van der Waals surface area contributed by atoms with E-state index >= 15 is 0 Å². The van der Waals surface area contributed by atoms with Gasteiger partial charge in [0, 0.05) is 12.1 Å². The van der Waals surface area contributed by atoms with Crippen LogP contribution in [0.15, 0.2) is 72.8 Å². The summed E-state index contributed by atoms with van der Waals surface area (Å²) in [5.41, 5.74) is 3.13. The van der Waals surface area contributed by atoms with Gasteiger partial charge in [0.2, 0.25) is 5.75 Å². The van der Waals surface area contributed by atoms with E-state index in [4.69, 9.17) is 4.74 Å². The number of phenols is 6. The van der Waals surface area contributed by atoms with Crippen molar-refractivity contribution < 1.29 is 35.4 Å². The molecular formula is C28H26O7. The number of rotatable bonds is 8. The maximum absolute atomic E-state index is 10.3. The van der Waals surface area contributed by atoms with Crippen LogP contribution < -0.4 is 4.74 Å². The van der Waals surface area contributed by atoms with E-state index in [1.165, 1.54) is 18.2 Å². The molecule has 0 fully saturated rings. The van der Waals surface area contributed by atoms with Gasteiger partial charge in [0.25, 0.3) is 0 Å². The summed E-state index contributed by atoms with van der Waals surface area (Å²) >= 11 is 0. The maximum Gasteiger partial charge on any atom is 0.201 e. The van der Waals surface area contributed by atoms with Gasteiger partial charge < -0.3 is 35.4 Å². The molecule has 0 aliphatic carbocycles. The van der Waals surface area contributed by atoms with Crippen LogP contribution >= 0.6 is 0 Å². The Balaban J connectivity index is 1.50. The highest BCUT2D eigenvalue weighted by atomic mass is 16.5. The summed E-state index contributed by atoms with van der Waals surface area (Å²) in [4.78, 5) is 0. The van der Waals surface area contributed by atoms with Crippen LogP contribution in [0.4, 0.5) is 0 Å². The predicted molar refractivity (Wildman–Crippen MR) is 131 cm³/mol. The van der Waals surface area contributed by atoms with Crippen LogP contribution in [0.25, 0.3) is 0 Å². The van der Waals surface area contributed by atoms with E-state index in [0.717, 1.165) is 11.1 Å². The first-order valence-electron chi connectivity index (χ1n) is 11.1. The maximum atomic E-state index is 10.3. The Hall–Kier alpha value is -4.52. The van der Waals surface area contributed by atoms with Crippen molar-refractivity contribution in [1.82, 2.24) is 0 Å². The fourth-order valence-electron chi connectivity index (χ4n) is 3.93. The molecule has 0 saturated carbocycles. The second-order valence-corrected chi connectivity index (χ2v) is 8.43. The second-order valence-electron chi connectivity index (χ2n) is 8.43. The van der Waals surface area contributed by atoms with E-state index in [1.807, 2.05) is 6.07 Å². The molecule has 0 radical (unpaired) electrons. The van der Waals surface area contributed by atoms with Crippen molar-refractivity contribution in [1.29, 1.82) is 0 Å². The van der Waals surface area contributed by atoms with E-state index in [0.29, 0.717) is 42.6 Å². The fourth-order valence-corrected chi connectivity index (χ4v) is 3.93. The Morgan fingerprint density at radius 2 is 1.03 bits per heavy atom. The topological polar surface area (TPSA) is 131 Å². The van der Waals surface area contributed by atoms with Gasteiger partial charge in [-0.25, -0.2) is 0 Å². The molecule has 0 aliphatic heterocycles. The molecule has 4 aromatic carbocycles. The van der Waals surface area contributed by atoms with E-state index in [1.54, 1.807) is 48.5 Å². The molecule has 35 heavy (non-hydrogen) atoms. The van der Waals surface area contributed by atoms with E-state index in [-0.39, 0.29) is 34.5 Å². The number of benzene rings is 4. The number of hydrogen-bond acceptors (Lipinski definition) is 7. The molecule has 0 atom stereocenters. The van der Waals surface area contributed by atoms with Gasteiger partial charge in [-0.2, -0.15) is 0 Å².